The molecule has 2 aliphatic rings. The van der Waals surface area contributed by atoms with Gasteiger partial charge in [0, 0.05) is 0 Å². The number of hydrogen-bond acceptors (Lipinski definition) is 4. The quantitative estimate of drug-likeness (QED) is 0.168. The number of carboxylic acids is 1. The lowest BCUT2D eigenvalue weighted by Gasteiger charge is -2.30. The highest BCUT2D eigenvalue weighted by Crippen LogP contribution is 2.31. The first-order chi connectivity index (χ1) is 14.2. The number of hydrogen-bond donors (Lipinski definition) is 1. The highest BCUT2D eigenvalue weighted by molar-refractivity contribution is 5.67. The van der Waals surface area contributed by atoms with E-state index in [-0.39, 0.29) is 24.7 Å². The van der Waals surface area contributed by atoms with Gasteiger partial charge in [-0.25, -0.2) is 9.78 Å². The van der Waals surface area contributed by atoms with Gasteiger partial charge in [-0.3, -0.25) is 4.79 Å². The zero-order valence-electron chi connectivity index (χ0n) is 17.7. The Bertz CT molecular complexity index is 519. The summed E-state index contributed by atoms with van der Waals surface area (Å²) in [6, 6.07) is 0. The number of carboxylic acid groups (broad SMARTS) is 1. The molecule has 0 unspecified atom stereocenters. The van der Waals surface area contributed by atoms with Gasteiger partial charge in [0.15, 0.2) is 0 Å². The van der Waals surface area contributed by atoms with E-state index in [1.165, 1.54) is 25.7 Å². The van der Waals surface area contributed by atoms with Crippen LogP contribution in [0, 0.1) is 0 Å². The van der Waals surface area contributed by atoms with Crippen molar-refractivity contribution in [3.8, 4) is 0 Å². The van der Waals surface area contributed by atoms with Crippen molar-refractivity contribution in [1.29, 1.82) is 0 Å². The van der Waals surface area contributed by atoms with Gasteiger partial charge in [-0.15, -0.1) is 6.58 Å². The van der Waals surface area contributed by atoms with E-state index in [2.05, 4.69) is 30.9 Å². The molecule has 0 saturated carbocycles. The monoisotopic (exact) mass is 406 g/mol. The Morgan fingerprint density at radius 1 is 0.862 bits per heavy atom. The molecule has 164 valence electrons. The van der Waals surface area contributed by atoms with Crippen molar-refractivity contribution in [2.75, 3.05) is 0 Å². The van der Waals surface area contributed by atoms with Gasteiger partial charge in [0.25, 0.3) is 0 Å². The molecule has 0 aliphatic carbocycles. The molecule has 1 N–H and O–H groups in total. The number of unbranched alkanes of at least 4 members (excludes halogenated alkanes) is 5. The fourth-order valence-electron chi connectivity index (χ4n) is 3.95. The smallest absolute Gasteiger partial charge is 0.306 e. The van der Waals surface area contributed by atoms with Crippen molar-refractivity contribution in [3.63, 3.8) is 0 Å². The van der Waals surface area contributed by atoms with E-state index in [4.69, 9.17) is 19.6 Å². The molecule has 0 amide bonds. The molecule has 0 spiro atoms. The van der Waals surface area contributed by atoms with Gasteiger partial charge in [-0.1, -0.05) is 49.6 Å². The van der Waals surface area contributed by atoms with E-state index in [9.17, 15) is 4.79 Å². The molecule has 0 aromatic carbocycles. The first kappa shape index (κ1) is 23.8. The predicted molar refractivity (Wildman–Crippen MR) is 115 cm³/mol. The molecule has 2 heterocycles. The zero-order valence-corrected chi connectivity index (χ0v) is 17.7. The maximum Gasteiger partial charge on any atom is 0.306 e. The van der Waals surface area contributed by atoms with Crippen LogP contribution in [-0.2, 0) is 19.3 Å². The summed E-state index contributed by atoms with van der Waals surface area (Å²) < 4.78 is 6.17. The molecule has 2 aliphatic heterocycles. The molecule has 0 aromatic rings. The van der Waals surface area contributed by atoms with Crippen LogP contribution in [0.15, 0.2) is 37.0 Å². The number of allylic oxidation sites excluding steroid dienone is 5. The van der Waals surface area contributed by atoms with Crippen LogP contribution in [0.1, 0.15) is 83.5 Å². The largest absolute Gasteiger partial charge is 0.481 e. The van der Waals surface area contributed by atoms with Crippen LogP contribution in [0.25, 0.3) is 0 Å². The maximum atomic E-state index is 10.7. The Morgan fingerprint density at radius 3 is 2.31 bits per heavy atom. The average Bonchev–Trinajstić information content (AvgIpc) is 3.18. The van der Waals surface area contributed by atoms with Gasteiger partial charge < -0.3 is 9.84 Å². The standard InChI is InChI=1S/C24H38O5/c1-2-3-4-5-6-7-8-9-10-11-12-13-14-20-15-17-22(27-20)23-18-16-21(28-29-23)19-24(25)26/h2,5-8,20-23H,1,3-4,9-19H2,(H,25,26)/b6-5-,8-7-/t20-,21-,22+,23-/m1/s1. The molecule has 4 atom stereocenters. The van der Waals surface area contributed by atoms with Crippen molar-refractivity contribution in [1.82, 2.24) is 0 Å². The SMILES string of the molecule is C=CCC/C=C\C=C/CCCCCC[C@@H]1CC[C@@H]([C@H]2CC[C@H](CC(=O)O)OO2)O1. The third-order valence-electron chi connectivity index (χ3n) is 5.61. The summed E-state index contributed by atoms with van der Waals surface area (Å²) in [6.45, 7) is 3.72. The number of rotatable bonds is 14. The third-order valence-corrected chi connectivity index (χ3v) is 5.61. The van der Waals surface area contributed by atoms with Gasteiger partial charge in [-0.05, 0) is 57.8 Å². The first-order valence-corrected chi connectivity index (χ1v) is 11.3. The van der Waals surface area contributed by atoms with E-state index < -0.39 is 5.97 Å². The van der Waals surface area contributed by atoms with Crippen molar-refractivity contribution in [3.05, 3.63) is 37.0 Å². The Kier molecular flexibility index (Phi) is 12.0. The Hall–Kier alpha value is -1.43. The van der Waals surface area contributed by atoms with Crippen LogP contribution >= 0.6 is 0 Å². The molecule has 2 saturated heterocycles. The lowest BCUT2D eigenvalue weighted by molar-refractivity contribution is -0.385. The van der Waals surface area contributed by atoms with E-state index in [0.29, 0.717) is 6.10 Å². The highest BCUT2D eigenvalue weighted by atomic mass is 17.2. The molecule has 0 aromatic heterocycles. The van der Waals surface area contributed by atoms with Crippen molar-refractivity contribution < 1.29 is 24.4 Å². The van der Waals surface area contributed by atoms with Crippen LogP contribution in [0.3, 0.4) is 0 Å². The van der Waals surface area contributed by atoms with Crippen LogP contribution in [0.4, 0.5) is 0 Å². The first-order valence-electron chi connectivity index (χ1n) is 11.3. The van der Waals surface area contributed by atoms with Gasteiger partial charge in [0.2, 0.25) is 0 Å². The molecular formula is C24H38O5. The van der Waals surface area contributed by atoms with E-state index in [1.807, 2.05) is 6.08 Å². The number of ether oxygens (including phenoxy) is 1. The minimum absolute atomic E-state index is 0.00307. The van der Waals surface area contributed by atoms with Gasteiger partial charge in [0.1, 0.15) is 12.2 Å². The summed E-state index contributed by atoms with van der Waals surface area (Å²) in [4.78, 5) is 21.4. The third kappa shape index (κ3) is 10.2. The molecular weight excluding hydrogens is 368 g/mol. The number of aliphatic carboxylic acids is 1. The zero-order chi connectivity index (χ0) is 20.7. The van der Waals surface area contributed by atoms with Crippen molar-refractivity contribution in [2.45, 2.75) is 108 Å². The molecule has 5 heteroatoms. The second-order valence-corrected chi connectivity index (χ2v) is 8.12. The van der Waals surface area contributed by atoms with Gasteiger partial charge >= 0.3 is 5.97 Å². The van der Waals surface area contributed by atoms with Gasteiger partial charge in [0.05, 0.1) is 18.6 Å². The van der Waals surface area contributed by atoms with Crippen LogP contribution in [0.5, 0.6) is 0 Å². The molecule has 0 radical (unpaired) electrons. The fourth-order valence-corrected chi connectivity index (χ4v) is 3.95. The molecule has 0 bridgehead atoms. The topological polar surface area (TPSA) is 65.0 Å². The molecule has 2 fully saturated rings. The summed E-state index contributed by atoms with van der Waals surface area (Å²) in [5, 5.41) is 8.82. The molecule has 2 rings (SSSR count). The minimum Gasteiger partial charge on any atom is -0.481 e. The predicted octanol–water partition coefficient (Wildman–Crippen LogP) is 5.91. The van der Waals surface area contributed by atoms with E-state index in [1.54, 1.807) is 0 Å². The highest BCUT2D eigenvalue weighted by Gasteiger charge is 2.36. The summed E-state index contributed by atoms with van der Waals surface area (Å²) in [5.74, 6) is -0.846. The summed E-state index contributed by atoms with van der Waals surface area (Å²) in [6.07, 6.45) is 23.7. The Balaban J connectivity index is 1.46. The maximum absolute atomic E-state index is 10.7. The summed E-state index contributed by atoms with van der Waals surface area (Å²) >= 11 is 0. The fraction of sp³-hybridized carbons (Fsp3) is 0.708. The van der Waals surface area contributed by atoms with Gasteiger partial charge in [-0.2, -0.15) is 0 Å². The van der Waals surface area contributed by atoms with E-state index in [0.717, 1.165) is 51.4 Å². The molecule has 29 heavy (non-hydrogen) atoms. The summed E-state index contributed by atoms with van der Waals surface area (Å²) in [5.41, 5.74) is 0. The lowest BCUT2D eigenvalue weighted by atomic mass is 10.0. The number of carbonyl (C=O) groups is 1. The second kappa shape index (κ2) is 14.5. The Labute approximate surface area is 175 Å². The van der Waals surface area contributed by atoms with Crippen LogP contribution < -0.4 is 0 Å². The van der Waals surface area contributed by atoms with Crippen molar-refractivity contribution >= 4 is 5.97 Å². The Morgan fingerprint density at radius 2 is 1.59 bits per heavy atom. The average molecular weight is 407 g/mol. The summed E-state index contributed by atoms with van der Waals surface area (Å²) in [7, 11) is 0. The normalized spacial score (nSPS) is 27.7. The molecule has 5 nitrogen and oxygen atoms in total. The second-order valence-electron chi connectivity index (χ2n) is 8.12. The van der Waals surface area contributed by atoms with Crippen LogP contribution in [0.2, 0.25) is 0 Å². The van der Waals surface area contributed by atoms with Crippen molar-refractivity contribution in [2.24, 2.45) is 0 Å². The van der Waals surface area contributed by atoms with E-state index >= 15 is 0 Å². The van der Waals surface area contributed by atoms with Crippen LogP contribution in [-0.4, -0.2) is 35.5 Å². The minimum atomic E-state index is -0.846. The lowest BCUT2D eigenvalue weighted by Crippen LogP contribution is -2.37.